The van der Waals surface area contributed by atoms with E-state index in [4.69, 9.17) is 0 Å². The summed E-state index contributed by atoms with van der Waals surface area (Å²) in [4.78, 5) is 0. The van der Waals surface area contributed by atoms with Crippen LogP contribution in [0.25, 0.3) is 0 Å². The molecule has 0 radical (unpaired) electrons. The van der Waals surface area contributed by atoms with Gasteiger partial charge in [0, 0.05) is 0 Å². The summed E-state index contributed by atoms with van der Waals surface area (Å²) in [5.74, 6) is 1.34. The number of hydrogen-bond acceptors (Lipinski definition) is 1. The van der Waals surface area contributed by atoms with Crippen LogP contribution < -0.4 is 5.32 Å². The molecule has 0 aromatic heterocycles. The SMILES string of the molecule is CC(C)CNCC1CC1(C)Cc1cccc(F)c1. The smallest absolute Gasteiger partial charge is 0.123 e. The first-order valence-electron chi connectivity index (χ1n) is 6.95. The molecule has 1 saturated carbocycles. The molecule has 100 valence electrons. The van der Waals surface area contributed by atoms with Crippen molar-refractivity contribution in [2.45, 2.75) is 33.6 Å². The molecule has 0 bridgehead atoms. The van der Waals surface area contributed by atoms with E-state index in [1.54, 1.807) is 6.07 Å². The molecule has 0 aliphatic heterocycles. The summed E-state index contributed by atoms with van der Waals surface area (Å²) in [6.45, 7) is 8.97. The van der Waals surface area contributed by atoms with Crippen molar-refractivity contribution >= 4 is 0 Å². The lowest BCUT2D eigenvalue weighted by atomic mass is 9.96. The first-order valence-corrected chi connectivity index (χ1v) is 6.95. The maximum Gasteiger partial charge on any atom is 0.123 e. The van der Waals surface area contributed by atoms with E-state index in [1.807, 2.05) is 12.1 Å². The van der Waals surface area contributed by atoms with Gasteiger partial charge < -0.3 is 5.32 Å². The average molecular weight is 249 g/mol. The Hall–Kier alpha value is -0.890. The highest BCUT2D eigenvalue weighted by molar-refractivity contribution is 5.20. The molecule has 1 nitrogen and oxygen atoms in total. The summed E-state index contributed by atoms with van der Waals surface area (Å²) in [6.07, 6.45) is 2.26. The van der Waals surface area contributed by atoms with Gasteiger partial charge in [-0.2, -0.15) is 0 Å². The van der Waals surface area contributed by atoms with Gasteiger partial charge in [-0.15, -0.1) is 0 Å². The van der Waals surface area contributed by atoms with Crippen LogP contribution in [-0.2, 0) is 6.42 Å². The summed E-state index contributed by atoms with van der Waals surface area (Å²) < 4.78 is 13.1. The summed E-state index contributed by atoms with van der Waals surface area (Å²) in [5.41, 5.74) is 1.50. The lowest BCUT2D eigenvalue weighted by Gasteiger charge is -2.13. The maximum absolute atomic E-state index is 13.1. The number of rotatable bonds is 6. The molecular formula is C16H24FN. The van der Waals surface area contributed by atoms with E-state index in [1.165, 1.54) is 12.5 Å². The van der Waals surface area contributed by atoms with E-state index in [9.17, 15) is 4.39 Å². The lowest BCUT2D eigenvalue weighted by molar-refractivity contribution is 0.458. The van der Waals surface area contributed by atoms with Crippen molar-refractivity contribution in [2.24, 2.45) is 17.3 Å². The fourth-order valence-corrected chi connectivity index (χ4v) is 2.70. The molecule has 0 amide bonds. The van der Waals surface area contributed by atoms with Crippen LogP contribution in [0.15, 0.2) is 24.3 Å². The predicted molar refractivity (Wildman–Crippen MR) is 74.0 cm³/mol. The molecule has 2 unspecified atom stereocenters. The standard InChI is InChI=1S/C16H24FN/c1-12(2)10-18-11-14-9-16(14,3)8-13-5-4-6-15(17)7-13/h4-7,12,14,18H,8-11H2,1-3H3. The van der Waals surface area contributed by atoms with Crippen molar-refractivity contribution in [2.75, 3.05) is 13.1 Å². The molecule has 1 aromatic carbocycles. The number of hydrogen-bond donors (Lipinski definition) is 1. The first kappa shape index (κ1) is 13.5. The average Bonchev–Trinajstić information content (AvgIpc) is 2.88. The van der Waals surface area contributed by atoms with Crippen molar-refractivity contribution in [3.8, 4) is 0 Å². The van der Waals surface area contributed by atoms with Crippen LogP contribution in [0.4, 0.5) is 4.39 Å². The second-order valence-electron chi connectivity index (χ2n) is 6.41. The second kappa shape index (κ2) is 5.40. The molecule has 1 aromatic rings. The highest BCUT2D eigenvalue weighted by Gasteiger charge is 2.48. The maximum atomic E-state index is 13.1. The zero-order valence-electron chi connectivity index (χ0n) is 11.7. The van der Waals surface area contributed by atoms with Gasteiger partial charge in [0.25, 0.3) is 0 Å². The third-order valence-electron chi connectivity index (χ3n) is 3.98. The van der Waals surface area contributed by atoms with E-state index >= 15 is 0 Å². The highest BCUT2D eigenvalue weighted by Crippen LogP contribution is 2.53. The van der Waals surface area contributed by atoms with Gasteiger partial charge in [-0.1, -0.05) is 32.9 Å². The molecule has 2 rings (SSSR count). The van der Waals surface area contributed by atoms with Gasteiger partial charge in [-0.05, 0) is 60.9 Å². The molecular weight excluding hydrogens is 225 g/mol. The minimum atomic E-state index is -0.119. The van der Waals surface area contributed by atoms with Crippen LogP contribution >= 0.6 is 0 Å². The third-order valence-corrected chi connectivity index (χ3v) is 3.98. The Kier molecular flexibility index (Phi) is 4.06. The fourth-order valence-electron chi connectivity index (χ4n) is 2.70. The Bertz CT molecular complexity index is 402. The Labute approximate surface area is 110 Å². The number of halogens is 1. The molecule has 2 atom stereocenters. The molecule has 1 fully saturated rings. The van der Waals surface area contributed by atoms with E-state index in [0.29, 0.717) is 11.3 Å². The Morgan fingerprint density at radius 3 is 2.89 bits per heavy atom. The van der Waals surface area contributed by atoms with Crippen molar-refractivity contribution in [3.63, 3.8) is 0 Å². The van der Waals surface area contributed by atoms with Crippen LogP contribution in [0.5, 0.6) is 0 Å². The summed E-state index contributed by atoms with van der Waals surface area (Å²) in [5, 5.41) is 3.53. The minimum Gasteiger partial charge on any atom is -0.316 e. The van der Waals surface area contributed by atoms with E-state index in [2.05, 4.69) is 26.1 Å². The third kappa shape index (κ3) is 3.55. The van der Waals surface area contributed by atoms with Crippen molar-refractivity contribution in [1.29, 1.82) is 0 Å². The highest BCUT2D eigenvalue weighted by atomic mass is 19.1. The molecule has 0 spiro atoms. The van der Waals surface area contributed by atoms with Crippen LogP contribution in [0.3, 0.4) is 0 Å². The first-order chi connectivity index (χ1) is 8.49. The Balaban J connectivity index is 1.80. The van der Waals surface area contributed by atoms with E-state index in [0.717, 1.165) is 31.0 Å². The quantitative estimate of drug-likeness (QED) is 0.811. The van der Waals surface area contributed by atoms with Crippen LogP contribution in [0.1, 0.15) is 32.8 Å². The van der Waals surface area contributed by atoms with Gasteiger partial charge >= 0.3 is 0 Å². The zero-order chi connectivity index (χ0) is 13.2. The van der Waals surface area contributed by atoms with Gasteiger partial charge in [0.1, 0.15) is 5.82 Å². The summed E-state index contributed by atoms with van der Waals surface area (Å²) >= 11 is 0. The summed E-state index contributed by atoms with van der Waals surface area (Å²) in [7, 11) is 0. The van der Waals surface area contributed by atoms with Crippen LogP contribution in [0.2, 0.25) is 0 Å². The Morgan fingerprint density at radius 2 is 2.22 bits per heavy atom. The molecule has 1 aliphatic carbocycles. The van der Waals surface area contributed by atoms with Crippen molar-refractivity contribution in [1.82, 2.24) is 5.32 Å². The van der Waals surface area contributed by atoms with Crippen molar-refractivity contribution in [3.05, 3.63) is 35.6 Å². The van der Waals surface area contributed by atoms with Crippen LogP contribution in [-0.4, -0.2) is 13.1 Å². The molecule has 2 heteroatoms. The second-order valence-corrected chi connectivity index (χ2v) is 6.41. The predicted octanol–water partition coefficient (Wildman–Crippen LogP) is 3.64. The van der Waals surface area contributed by atoms with Gasteiger partial charge in [0.05, 0.1) is 0 Å². The minimum absolute atomic E-state index is 0.119. The molecule has 0 heterocycles. The van der Waals surface area contributed by atoms with Gasteiger partial charge in [0.2, 0.25) is 0 Å². The van der Waals surface area contributed by atoms with Gasteiger partial charge in [-0.25, -0.2) is 4.39 Å². The molecule has 18 heavy (non-hydrogen) atoms. The van der Waals surface area contributed by atoms with E-state index < -0.39 is 0 Å². The van der Waals surface area contributed by atoms with Gasteiger partial charge in [0.15, 0.2) is 0 Å². The fraction of sp³-hybridized carbons (Fsp3) is 0.625. The largest absolute Gasteiger partial charge is 0.316 e. The number of nitrogens with one attached hydrogen (secondary N) is 1. The lowest BCUT2D eigenvalue weighted by Crippen LogP contribution is -2.23. The normalized spacial score (nSPS) is 26.6. The summed E-state index contributed by atoms with van der Waals surface area (Å²) in [6, 6.07) is 7.02. The molecule has 0 saturated heterocycles. The number of benzene rings is 1. The van der Waals surface area contributed by atoms with Crippen LogP contribution in [0, 0.1) is 23.1 Å². The van der Waals surface area contributed by atoms with Crippen molar-refractivity contribution < 1.29 is 4.39 Å². The molecule has 1 N–H and O–H groups in total. The topological polar surface area (TPSA) is 12.0 Å². The zero-order valence-corrected chi connectivity index (χ0v) is 11.7. The van der Waals surface area contributed by atoms with Gasteiger partial charge in [-0.3, -0.25) is 0 Å². The van der Waals surface area contributed by atoms with E-state index in [-0.39, 0.29) is 5.82 Å². The monoisotopic (exact) mass is 249 g/mol. The molecule has 1 aliphatic rings. The Morgan fingerprint density at radius 1 is 1.44 bits per heavy atom.